The Labute approximate surface area is 152 Å². The molecule has 6 nitrogen and oxygen atoms in total. The molecule has 0 unspecified atom stereocenters. The van der Waals surface area contributed by atoms with Gasteiger partial charge in [-0.05, 0) is 49.7 Å². The first-order valence-corrected chi connectivity index (χ1v) is 9.70. The number of carbonyl (C=O) groups is 1. The van der Waals surface area contributed by atoms with E-state index in [1.165, 1.54) is 32.2 Å². The van der Waals surface area contributed by atoms with Gasteiger partial charge in [0.15, 0.2) is 5.82 Å². The monoisotopic (exact) mass is 352 g/mol. The van der Waals surface area contributed by atoms with E-state index in [1.807, 2.05) is 17.0 Å². The van der Waals surface area contributed by atoms with Gasteiger partial charge in [-0.2, -0.15) is 0 Å². The van der Waals surface area contributed by atoms with Crippen molar-refractivity contribution in [2.24, 2.45) is 11.8 Å². The minimum absolute atomic E-state index is 0.141. The van der Waals surface area contributed by atoms with E-state index in [-0.39, 0.29) is 17.3 Å². The second-order valence-corrected chi connectivity index (χ2v) is 8.14. The van der Waals surface area contributed by atoms with Crippen molar-refractivity contribution in [1.82, 2.24) is 19.8 Å². The lowest BCUT2D eigenvalue weighted by Crippen LogP contribution is -2.45. The molecule has 1 aromatic heterocycles. The maximum Gasteiger partial charge on any atom is 0.289 e. The van der Waals surface area contributed by atoms with Gasteiger partial charge < -0.3 is 9.88 Å². The number of H-pyrrole nitrogens is 1. The fourth-order valence-electron chi connectivity index (χ4n) is 4.54. The van der Waals surface area contributed by atoms with Gasteiger partial charge in [0.2, 0.25) is 0 Å². The Morgan fingerprint density at radius 3 is 2.81 bits per heavy atom. The Morgan fingerprint density at radius 2 is 1.96 bits per heavy atom. The van der Waals surface area contributed by atoms with Crippen LogP contribution >= 0.6 is 0 Å². The van der Waals surface area contributed by atoms with Gasteiger partial charge in [-0.1, -0.05) is 12.1 Å². The third-order valence-corrected chi connectivity index (χ3v) is 6.12. The van der Waals surface area contributed by atoms with E-state index in [1.54, 1.807) is 12.1 Å². The quantitative estimate of drug-likeness (QED) is 0.916. The predicted molar refractivity (Wildman–Crippen MR) is 99.1 cm³/mol. The van der Waals surface area contributed by atoms with E-state index in [4.69, 9.17) is 0 Å². The van der Waals surface area contributed by atoms with Gasteiger partial charge in [0.25, 0.3) is 11.5 Å². The van der Waals surface area contributed by atoms with E-state index in [9.17, 15) is 9.59 Å². The second-order valence-electron chi connectivity index (χ2n) is 8.14. The first kappa shape index (κ1) is 16.0. The molecule has 0 radical (unpaired) electrons. The molecular weight excluding hydrogens is 328 g/mol. The highest BCUT2D eigenvalue weighted by molar-refractivity contribution is 5.92. The molecule has 2 atom stereocenters. The predicted octanol–water partition coefficient (Wildman–Crippen LogP) is 1.87. The Morgan fingerprint density at radius 1 is 1.12 bits per heavy atom. The van der Waals surface area contributed by atoms with Gasteiger partial charge in [-0.15, -0.1) is 0 Å². The summed E-state index contributed by atoms with van der Waals surface area (Å²) < 4.78 is 0. The number of hydrogen-bond acceptors (Lipinski definition) is 4. The van der Waals surface area contributed by atoms with Crippen LogP contribution in [0.25, 0.3) is 10.9 Å². The minimum Gasteiger partial charge on any atom is -0.334 e. The molecule has 4 aliphatic rings. The number of nitrogens with zero attached hydrogens (tertiary/aromatic N) is 3. The van der Waals surface area contributed by atoms with E-state index >= 15 is 0 Å². The number of piperidine rings is 1. The van der Waals surface area contributed by atoms with Gasteiger partial charge in [0.05, 0.1) is 10.9 Å². The normalized spacial score (nSPS) is 26.2. The number of hydrogen-bond donors (Lipinski definition) is 1. The summed E-state index contributed by atoms with van der Waals surface area (Å²) in [4.78, 5) is 37.0. The number of nitrogens with one attached hydrogen (secondary N) is 1. The van der Waals surface area contributed by atoms with Crippen LogP contribution in [0.3, 0.4) is 0 Å². The van der Waals surface area contributed by atoms with Gasteiger partial charge in [0.1, 0.15) is 0 Å². The maximum atomic E-state index is 13.1. The number of carbonyl (C=O) groups excluding carboxylic acids is 1. The first-order valence-electron chi connectivity index (χ1n) is 9.70. The summed E-state index contributed by atoms with van der Waals surface area (Å²) >= 11 is 0. The fourth-order valence-corrected chi connectivity index (χ4v) is 4.54. The Kier molecular flexibility index (Phi) is 3.81. The summed E-state index contributed by atoms with van der Waals surface area (Å²) in [5.74, 6) is 1.43. The molecule has 136 valence electrons. The summed E-state index contributed by atoms with van der Waals surface area (Å²) in [6, 6.07) is 7.61. The summed E-state index contributed by atoms with van der Waals surface area (Å²) in [5, 5.41) is 0.524. The molecule has 4 heterocycles. The lowest BCUT2D eigenvalue weighted by atomic mass is 9.95. The molecule has 0 spiro atoms. The number of para-hydroxylation sites is 1. The van der Waals surface area contributed by atoms with Crippen LogP contribution in [0.5, 0.6) is 0 Å². The number of aromatic nitrogens is 2. The average molecular weight is 352 g/mol. The highest BCUT2D eigenvalue weighted by atomic mass is 16.2. The third-order valence-electron chi connectivity index (χ3n) is 6.12. The van der Waals surface area contributed by atoms with Crippen molar-refractivity contribution in [2.45, 2.75) is 31.7 Å². The van der Waals surface area contributed by atoms with Crippen LogP contribution in [0, 0.1) is 11.8 Å². The summed E-state index contributed by atoms with van der Waals surface area (Å²) in [6.45, 7) is 3.81. The second kappa shape index (κ2) is 6.20. The van der Waals surface area contributed by atoms with Crippen LogP contribution in [-0.4, -0.2) is 57.9 Å². The van der Waals surface area contributed by atoms with Crippen molar-refractivity contribution in [1.29, 1.82) is 0 Å². The van der Waals surface area contributed by atoms with Crippen molar-refractivity contribution >= 4 is 16.8 Å². The van der Waals surface area contributed by atoms with Crippen molar-refractivity contribution < 1.29 is 4.79 Å². The summed E-state index contributed by atoms with van der Waals surface area (Å²) in [6.07, 6.45) is 5.08. The SMILES string of the molecule is O=C(c1nc2ccccc2c(=O)[nH]1)N1C[C@@H]2CC[C@H](C1)N(CC1CC1)C2. The molecule has 1 amide bonds. The molecule has 6 rings (SSSR count). The largest absolute Gasteiger partial charge is 0.334 e. The highest BCUT2D eigenvalue weighted by Crippen LogP contribution is 2.35. The average Bonchev–Trinajstić information content (AvgIpc) is 3.49. The third kappa shape index (κ3) is 2.92. The maximum absolute atomic E-state index is 13.1. The van der Waals surface area contributed by atoms with Crippen molar-refractivity contribution in [3.8, 4) is 0 Å². The summed E-state index contributed by atoms with van der Waals surface area (Å²) in [7, 11) is 0. The summed E-state index contributed by atoms with van der Waals surface area (Å²) in [5.41, 5.74) is 0.333. The molecule has 2 bridgehead atoms. The number of amides is 1. The first-order chi connectivity index (χ1) is 12.7. The molecule has 1 aromatic carbocycles. The molecule has 4 fully saturated rings. The van der Waals surface area contributed by atoms with Gasteiger partial charge in [-0.3, -0.25) is 14.5 Å². The van der Waals surface area contributed by atoms with Crippen LogP contribution in [0.15, 0.2) is 29.1 Å². The zero-order valence-electron chi connectivity index (χ0n) is 14.9. The van der Waals surface area contributed by atoms with E-state index in [2.05, 4.69) is 14.9 Å². The van der Waals surface area contributed by atoms with E-state index in [0.29, 0.717) is 22.9 Å². The molecule has 6 heteroatoms. The highest BCUT2D eigenvalue weighted by Gasteiger charge is 2.39. The molecule has 3 saturated heterocycles. The Bertz CT molecular complexity index is 904. The van der Waals surface area contributed by atoms with Crippen molar-refractivity contribution in [3.05, 3.63) is 40.4 Å². The number of benzene rings is 1. The zero-order chi connectivity index (χ0) is 17.7. The minimum atomic E-state index is -0.243. The molecule has 26 heavy (non-hydrogen) atoms. The van der Waals surface area contributed by atoms with Crippen LogP contribution in [0.4, 0.5) is 0 Å². The Hall–Kier alpha value is -2.21. The van der Waals surface area contributed by atoms with E-state index in [0.717, 1.165) is 25.6 Å². The smallest absolute Gasteiger partial charge is 0.289 e. The van der Waals surface area contributed by atoms with Crippen LogP contribution in [0.2, 0.25) is 0 Å². The van der Waals surface area contributed by atoms with Gasteiger partial charge in [-0.25, -0.2) is 4.98 Å². The molecule has 1 N–H and O–H groups in total. The number of aromatic amines is 1. The van der Waals surface area contributed by atoms with Crippen molar-refractivity contribution in [3.63, 3.8) is 0 Å². The lowest BCUT2D eigenvalue weighted by molar-refractivity contribution is 0.0724. The molecule has 3 aliphatic heterocycles. The molecule has 1 aliphatic carbocycles. The van der Waals surface area contributed by atoms with Crippen LogP contribution in [-0.2, 0) is 0 Å². The topological polar surface area (TPSA) is 69.3 Å². The molecule has 2 aromatic rings. The van der Waals surface area contributed by atoms with Crippen LogP contribution in [0.1, 0.15) is 36.3 Å². The zero-order valence-corrected chi connectivity index (χ0v) is 14.9. The Balaban J connectivity index is 1.41. The van der Waals surface area contributed by atoms with Gasteiger partial charge >= 0.3 is 0 Å². The molecule has 1 saturated carbocycles. The number of fused-ring (bicyclic) bond motifs is 5. The van der Waals surface area contributed by atoms with Gasteiger partial charge in [0, 0.05) is 32.2 Å². The van der Waals surface area contributed by atoms with E-state index < -0.39 is 0 Å². The van der Waals surface area contributed by atoms with Crippen LogP contribution < -0.4 is 5.56 Å². The molecular formula is C20H24N4O2. The standard InChI is InChI=1S/C20H24N4O2/c25-19-16-3-1-2-4-17(16)21-18(22-19)20(26)24-11-14-7-8-15(12-24)23(10-14)9-13-5-6-13/h1-4,13-15H,5-12H2,(H,21,22,25)/t14-,15-/m1/s1. The fraction of sp³-hybridized carbons (Fsp3) is 0.550. The number of rotatable bonds is 3. The lowest BCUT2D eigenvalue weighted by Gasteiger charge is -2.36. The van der Waals surface area contributed by atoms with Crippen molar-refractivity contribution in [2.75, 3.05) is 26.2 Å².